The molecule has 0 spiro atoms. The molecule has 0 radical (unpaired) electrons. The Morgan fingerprint density at radius 1 is 0.902 bits per heavy atom. The fraction of sp³-hybridized carbons (Fsp3) is 0.333. The summed E-state index contributed by atoms with van der Waals surface area (Å²) in [7, 11) is 0. The van der Waals surface area contributed by atoms with E-state index in [0.29, 0.717) is 5.56 Å². The number of hydrogen-bond acceptors (Lipinski definition) is 5. The van der Waals surface area contributed by atoms with Crippen LogP contribution in [0.1, 0.15) is 54.6 Å². The summed E-state index contributed by atoms with van der Waals surface area (Å²) in [4.78, 5) is 42.1. The smallest absolute Gasteiger partial charge is 0.408 e. The Morgan fingerprint density at radius 2 is 1.46 bits per heavy atom. The maximum atomic E-state index is 14.2. The SMILES string of the molecule is Cc1cc(C)cc(C(C(=O)NCc2ccccc2)N(CC#N)C(=O)C(Cc2ccccc2)NC(=O)OC(C)(C)C)c1. The van der Waals surface area contributed by atoms with Crippen LogP contribution in [0.2, 0.25) is 0 Å². The zero-order valence-electron chi connectivity index (χ0n) is 24.3. The van der Waals surface area contributed by atoms with Crippen LogP contribution in [-0.2, 0) is 27.3 Å². The van der Waals surface area contributed by atoms with Crippen molar-refractivity contribution >= 4 is 17.9 Å². The molecule has 3 rings (SSSR count). The van der Waals surface area contributed by atoms with Gasteiger partial charge in [0, 0.05) is 13.0 Å². The number of ether oxygens (including phenoxy) is 1. The van der Waals surface area contributed by atoms with Gasteiger partial charge < -0.3 is 20.3 Å². The van der Waals surface area contributed by atoms with Crippen molar-refractivity contribution in [3.05, 3.63) is 107 Å². The maximum absolute atomic E-state index is 14.2. The quantitative estimate of drug-likeness (QED) is 0.337. The number of amides is 3. The highest BCUT2D eigenvalue weighted by Gasteiger charge is 2.36. The van der Waals surface area contributed by atoms with E-state index in [9.17, 15) is 19.6 Å². The molecule has 41 heavy (non-hydrogen) atoms. The minimum absolute atomic E-state index is 0.145. The zero-order chi connectivity index (χ0) is 30.0. The average molecular weight is 555 g/mol. The van der Waals surface area contributed by atoms with Gasteiger partial charge in [-0.05, 0) is 51.3 Å². The molecule has 2 atom stereocenters. The summed E-state index contributed by atoms with van der Waals surface area (Å²) in [6, 6.07) is 24.2. The van der Waals surface area contributed by atoms with E-state index < -0.39 is 35.6 Å². The van der Waals surface area contributed by atoms with Crippen molar-refractivity contribution in [3.63, 3.8) is 0 Å². The number of carbonyl (C=O) groups is 3. The molecular formula is C33H38N4O4. The molecule has 214 valence electrons. The van der Waals surface area contributed by atoms with Gasteiger partial charge in [0.25, 0.3) is 0 Å². The lowest BCUT2D eigenvalue weighted by molar-refractivity contribution is -0.141. The first-order chi connectivity index (χ1) is 19.5. The van der Waals surface area contributed by atoms with Crippen molar-refractivity contribution in [3.8, 4) is 6.07 Å². The van der Waals surface area contributed by atoms with Gasteiger partial charge >= 0.3 is 6.09 Å². The molecule has 8 heteroatoms. The molecule has 0 heterocycles. The Bertz CT molecular complexity index is 1360. The van der Waals surface area contributed by atoms with E-state index in [1.54, 1.807) is 20.8 Å². The van der Waals surface area contributed by atoms with Crippen LogP contribution in [0.3, 0.4) is 0 Å². The third-order valence-electron chi connectivity index (χ3n) is 6.23. The number of hydrogen-bond donors (Lipinski definition) is 2. The lowest BCUT2D eigenvalue weighted by Gasteiger charge is -2.33. The fourth-order valence-electron chi connectivity index (χ4n) is 4.59. The van der Waals surface area contributed by atoms with Gasteiger partial charge in [0.1, 0.15) is 24.2 Å². The highest BCUT2D eigenvalue weighted by atomic mass is 16.6. The zero-order valence-corrected chi connectivity index (χ0v) is 24.3. The van der Waals surface area contributed by atoms with Crippen molar-refractivity contribution in [1.29, 1.82) is 5.26 Å². The Labute approximate surface area is 242 Å². The van der Waals surface area contributed by atoms with Crippen molar-refractivity contribution in [1.82, 2.24) is 15.5 Å². The molecule has 0 aliphatic carbocycles. The van der Waals surface area contributed by atoms with Crippen molar-refractivity contribution in [2.24, 2.45) is 0 Å². The molecular weight excluding hydrogens is 516 g/mol. The minimum Gasteiger partial charge on any atom is -0.444 e. The maximum Gasteiger partial charge on any atom is 0.408 e. The van der Waals surface area contributed by atoms with E-state index in [4.69, 9.17) is 4.74 Å². The molecule has 2 unspecified atom stereocenters. The van der Waals surface area contributed by atoms with Crippen LogP contribution in [0.4, 0.5) is 4.79 Å². The minimum atomic E-state index is -1.11. The largest absolute Gasteiger partial charge is 0.444 e. The van der Waals surface area contributed by atoms with Gasteiger partial charge in [0.2, 0.25) is 11.8 Å². The highest BCUT2D eigenvalue weighted by Crippen LogP contribution is 2.25. The average Bonchev–Trinajstić information content (AvgIpc) is 2.90. The first kappa shape index (κ1) is 30.9. The summed E-state index contributed by atoms with van der Waals surface area (Å²) in [5.41, 5.74) is 3.32. The number of nitrogens with one attached hydrogen (secondary N) is 2. The summed E-state index contributed by atoms with van der Waals surface area (Å²) in [6.45, 7) is 8.90. The molecule has 0 saturated heterocycles. The molecule has 3 amide bonds. The third-order valence-corrected chi connectivity index (χ3v) is 6.23. The molecule has 0 aromatic heterocycles. The van der Waals surface area contributed by atoms with Gasteiger partial charge in [-0.25, -0.2) is 4.79 Å². The molecule has 0 fully saturated rings. The number of alkyl carbamates (subject to hydrolysis) is 1. The number of carbonyl (C=O) groups excluding carboxylic acids is 3. The Morgan fingerprint density at radius 3 is 2.00 bits per heavy atom. The summed E-state index contributed by atoms with van der Waals surface area (Å²) in [5, 5.41) is 15.4. The standard InChI is InChI=1S/C33H38N4O4/c1-23-18-24(2)20-27(19-23)29(30(38)35-22-26-14-10-7-11-15-26)37(17-16-34)31(39)28(21-25-12-8-6-9-13-25)36-32(40)41-33(3,4)5/h6-15,18-20,28-29H,17,21-22H2,1-5H3,(H,35,38)(H,36,40). The number of aryl methyl sites for hydroxylation is 2. The monoisotopic (exact) mass is 554 g/mol. The number of nitrogens with zero attached hydrogens (tertiary/aromatic N) is 2. The predicted octanol–water partition coefficient (Wildman–Crippen LogP) is 5.15. The van der Waals surface area contributed by atoms with Crippen LogP contribution >= 0.6 is 0 Å². The number of nitriles is 1. The Balaban J connectivity index is 2.02. The second kappa shape index (κ2) is 14.1. The van der Waals surface area contributed by atoms with Gasteiger partial charge in [-0.2, -0.15) is 5.26 Å². The first-order valence-electron chi connectivity index (χ1n) is 13.6. The molecule has 8 nitrogen and oxygen atoms in total. The lowest BCUT2D eigenvalue weighted by Crippen LogP contribution is -2.54. The fourth-order valence-corrected chi connectivity index (χ4v) is 4.59. The molecule has 0 saturated carbocycles. The van der Waals surface area contributed by atoms with Gasteiger partial charge in [0.05, 0.1) is 6.07 Å². The second-order valence-corrected chi connectivity index (χ2v) is 11.0. The topological polar surface area (TPSA) is 112 Å². The van der Waals surface area contributed by atoms with Gasteiger partial charge in [-0.15, -0.1) is 0 Å². The highest BCUT2D eigenvalue weighted by molar-refractivity contribution is 5.92. The van der Waals surface area contributed by atoms with Crippen LogP contribution in [-0.4, -0.2) is 41.0 Å². The Hall–Kier alpha value is -4.64. The van der Waals surface area contributed by atoms with Gasteiger partial charge in [0.15, 0.2) is 0 Å². The van der Waals surface area contributed by atoms with Crippen LogP contribution < -0.4 is 10.6 Å². The number of benzene rings is 3. The Kier molecular flexibility index (Phi) is 10.6. The summed E-state index contributed by atoms with van der Waals surface area (Å²) in [6.07, 6.45) is -0.619. The van der Waals surface area contributed by atoms with E-state index >= 15 is 0 Å². The molecule has 2 N–H and O–H groups in total. The molecule has 3 aromatic rings. The lowest BCUT2D eigenvalue weighted by atomic mass is 9.97. The molecule has 3 aromatic carbocycles. The van der Waals surface area contributed by atoms with Gasteiger partial charge in [-0.1, -0.05) is 90.0 Å². The van der Waals surface area contributed by atoms with Crippen LogP contribution in [0.5, 0.6) is 0 Å². The van der Waals surface area contributed by atoms with E-state index in [1.165, 1.54) is 4.90 Å². The van der Waals surface area contributed by atoms with Gasteiger partial charge in [-0.3, -0.25) is 9.59 Å². The van der Waals surface area contributed by atoms with Crippen LogP contribution in [0, 0.1) is 25.2 Å². The summed E-state index contributed by atoms with van der Waals surface area (Å²) >= 11 is 0. The predicted molar refractivity (Wildman–Crippen MR) is 158 cm³/mol. The van der Waals surface area contributed by atoms with Crippen molar-refractivity contribution in [2.45, 2.75) is 65.3 Å². The van der Waals surface area contributed by atoms with Crippen molar-refractivity contribution in [2.75, 3.05) is 6.54 Å². The number of rotatable bonds is 10. The molecule has 0 bridgehead atoms. The third kappa shape index (κ3) is 9.50. The van der Waals surface area contributed by atoms with E-state index in [0.717, 1.165) is 22.3 Å². The van der Waals surface area contributed by atoms with E-state index in [-0.39, 0.29) is 19.5 Å². The second-order valence-electron chi connectivity index (χ2n) is 11.0. The molecule has 0 aliphatic heterocycles. The molecule has 0 aliphatic rings. The normalized spacial score (nSPS) is 12.4. The van der Waals surface area contributed by atoms with E-state index in [2.05, 4.69) is 10.6 Å². The van der Waals surface area contributed by atoms with Crippen molar-refractivity contribution < 1.29 is 19.1 Å². The summed E-state index contributed by atoms with van der Waals surface area (Å²) in [5.74, 6) is -1.00. The van der Waals surface area contributed by atoms with Crippen LogP contribution in [0.15, 0.2) is 78.9 Å². The van der Waals surface area contributed by atoms with E-state index in [1.807, 2.05) is 98.8 Å². The first-order valence-corrected chi connectivity index (χ1v) is 13.6. The van der Waals surface area contributed by atoms with Crippen LogP contribution in [0.25, 0.3) is 0 Å². The summed E-state index contributed by atoms with van der Waals surface area (Å²) < 4.78 is 5.44.